The van der Waals surface area contributed by atoms with Gasteiger partial charge in [0.05, 0.1) is 12.0 Å². The first-order chi connectivity index (χ1) is 14.5. The van der Waals surface area contributed by atoms with Gasteiger partial charge in [-0.3, -0.25) is 9.59 Å². The minimum absolute atomic E-state index is 0.0660. The van der Waals surface area contributed by atoms with Crippen LogP contribution >= 0.6 is 0 Å². The highest BCUT2D eigenvalue weighted by Gasteiger charge is 2.62. The van der Waals surface area contributed by atoms with Crippen LogP contribution in [0, 0.1) is 17.3 Å². The molecule has 0 aromatic heterocycles. The SMILES string of the molecule is C=C(C)[C@@H]1C[C@H](OC(C)=O)[C@@]2(CO)[C@H](C1)C(C)=C[C@H](OC(C)=O)[C@@H]2OC(=O)/C(C)=C/C. The van der Waals surface area contributed by atoms with Crippen molar-refractivity contribution >= 4 is 17.9 Å². The van der Waals surface area contributed by atoms with E-state index in [1.165, 1.54) is 13.8 Å². The van der Waals surface area contributed by atoms with Gasteiger partial charge in [0.1, 0.15) is 6.10 Å². The molecule has 31 heavy (non-hydrogen) atoms. The van der Waals surface area contributed by atoms with Crippen LogP contribution in [0.25, 0.3) is 0 Å². The first-order valence-corrected chi connectivity index (χ1v) is 10.6. The standard InChI is InChI=1S/C24H34O7/c1-8-14(4)23(28)31-22-20(29-16(6)26)9-15(5)19-10-18(13(2)3)11-21(30-17(7)27)24(19,22)12-25/h8-9,18-22,25H,2,10-12H2,1,3-7H3/b14-8+/t18-,19+,20-,21-,22-,24+/m0/s1. The van der Waals surface area contributed by atoms with Crippen LogP contribution in [0.1, 0.15) is 54.4 Å². The average Bonchev–Trinajstić information content (AvgIpc) is 2.68. The topological polar surface area (TPSA) is 99.1 Å². The van der Waals surface area contributed by atoms with Crippen molar-refractivity contribution < 1.29 is 33.7 Å². The molecule has 172 valence electrons. The quantitative estimate of drug-likeness (QED) is 0.296. The Morgan fingerprint density at radius 3 is 2.23 bits per heavy atom. The number of carbonyl (C=O) groups excluding carboxylic acids is 3. The third-order valence-corrected chi connectivity index (χ3v) is 6.64. The lowest BCUT2D eigenvalue weighted by molar-refractivity contribution is -0.217. The molecule has 0 unspecified atom stereocenters. The fraction of sp³-hybridized carbons (Fsp3) is 0.625. The van der Waals surface area contributed by atoms with E-state index in [-0.39, 0.29) is 11.8 Å². The zero-order valence-electron chi connectivity index (χ0n) is 19.3. The molecule has 6 atom stereocenters. The number of hydrogen-bond acceptors (Lipinski definition) is 7. The highest BCUT2D eigenvalue weighted by molar-refractivity contribution is 5.87. The predicted octanol–water partition coefficient (Wildman–Crippen LogP) is 3.27. The van der Waals surface area contributed by atoms with Crippen molar-refractivity contribution in [2.24, 2.45) is 17.3 Å². The zero-order valence-corrected chi connectivity index (χ0v) is 19.3. The number of aliphatic hydroxyl groups is 1. The van der Waals surface area contributed by atoms with E-state index >= 15 is 0 Å². The second-order valence-electron chi connectivity index (χ2n) is 8.72. The number of rotatable bonds is 6. The average molecular weight is 435 g/mol. The van der Waals surface area contributed by atoms with E-state index in [9.17, 15) is 19.5 Å². The highest BCUT2D eigenvalue weighted by atomic mass is 16.6. The molecule has 2 aliphatic carbocycles. The molecule has 0 saturated heterocycles. The Morgan fingerprint density at radius 1 is 1.13 bits per heavy atom. The van der Waals surface area contributed by atoms with Gasteiger partial charge in [-0.2, -0.15) is 0 Å². The number of carbonyl (C=O) groups is 3. The van der Waals surface area contributed by atoms with Crippen molar-refractivity contribution in [3.8, 4) is 0 Å². The number of ether oxygens (including phenoxy) is 3. The lowest BCUT2D eigenvalue weighted by atomic mass is 9.53. The first kappa shape index (κ1) is 24.9. The maximum Gasteiger partial charge on any atom is 0.333 e. The molecule has 7 nitrogen and oxygen atoms in total. The summed E-state index contributed by atoms with van der Waals surface area (Å²) in [6.45, 7) is 13.4. The van der Waals surface area contributed by atoms with Gasteiger partial charge in [-0.05, 0) is 58.4 Å². The number of esters is 3. The van der Waals surface area contributed by atoms with E-state index in [0.29, 0.717) is 18.4 Å². The maximum absolute atomic E-state index is 12.7. The molecule has 0 aliphatic heterocycles. The summed E-state index contributed by atoms with van der Waals surface area (Å²) in [6.07, 6.45) is 1.80. The molecule has 0 heterocycles. The van der Waals surface area contributed by atoms with E-state index < -0.39 is 48.2 Å². The summed E-state index contributed by atoms with van der Waals surface area (Å²) in [7, 11) is 0. The summed E-state index contributed by atoms with van der Waals surface area (Å²) in [4.78, 5) is 36.6. The van der Waals surface area contributed by atoms with E-state index in [1.54, 1.807) is 26.0 Å². The van der Waals surface area contributed by atoms with Gasteiger partial charge in [0.25, 0.3) is 0 Å². The van der Waals surface area contributed by atoms with E-state index in [1.807, 2.05) is 13.8 Å². The van der Waals surface area contributed by atoms with Gasteiger partial charge in [-0.1, -0.05) is 23.8 Å². The predicted molar refractivity (Wildman–Crippen MR) is 115 cm³/mol. The molecular formula is C24H34O7. The van der Waals surface area contributed by atoms with Crippen molar-refractivity contribution in [1.82, 2.24) is 0 Å². The summed E-state index contributed by atoms with van der Waals surface area (Å²) < 4.78 is 17.1. The van der Waals surface area contributed by atoms with Gasteiger partial charge >= 0.3 is 17.9 Å². The molecule has 2 aliphatic rings. The van der Waals surface area contributed by atoms with Crippen LogP contribution in [0.5, 0.6) is 0 Å². The fourth-order valence-corrected chi connectivity index (χ4v) is 4.91. The van der Waals surface area contributed by atoms with E-state index in [0.717, 1.165) is 11.1 Å². The van der Waals surface area contributed by atoms with Crippen LogP contribution in [0.3, 0.4) is 0 Å². The summed E-state index contributed by atoms with van der Waals surface area (Å²) >= 11 is 0. The Labute approximate surface area is 184 Å². The molecule has 0 amide bonds. The zero-order chi connectivity index (χ0) is 23.5. The Morgan fingerprint density at radius 2 is 1.74 bits per heavy atom. The molecule has 1 saturated carbocycles. The van der Waals surface area contributed by atoms with Crippen molar-refractivity contribution in [2.45, 2.75) is 72.7 Å². The van der Waals surface area contributed by atoms with Crippen molar-refractivity contribution in [3.63, 3.8) is 0 Å². The molecule has 7 heteroatoms. The van der Waals surface area contributed by atoms with Crippen molar-refractivity contribution in [2.75, 3.05) is 6.61 Å². The lowest BCUT2D eigenvalue weighted by Gasteiger charge is -2.56. The van der Waals surface area contributed by atoms with Gasteiger partial charge in [0.2, 0.25) is 0 Å². The van der Waals surface area contributed by atoms with Crippen LogP contribution in [-0.2, 0) is 28.6 Å². The summed E-state index contributed by atoms with van der Waals surface area (Å²) in [5, 5.41) is 10.7. The van der Waals surface area contributed by atoms with Gasteiger partial charge in [-0.15, -0.1) is 0 Å². The Bertz CT molecular complexity index is 809. The van der Waals surface area contributed by atoms with E-state index in [4.69, 9.17) is 14.2 Å². The third kappa shape index (κ3) is 4.92. The molecule has 1 fully saturated rings. The number of fused-ring (bicyclic) bond motifs is 1. The van der Waals surface area contributed by atoms with Gasteiger partial charge in [0, 0.05) is 19.4 Å². The molecular weight excluding hydrogens is 400 g/mol. The normalized spacial score (nSPS) is 32.9. The molecule has 0 aromatic rings. The summed E-state index contributed by atoms with van der Waals surface area (Å²) in [5.41, 5.74) is 1.08. The van der Waals surface area contributed by atoms with Crippen molar-refractivity contribution in [1.29, 1.82) is 0 Å². The van der Waals surface area contributed by atoms with Crippen LogP contribution in [0.15, 0.2) is 35.5 Å². The molecule has 0 radical (unpaired) electrons. The highest BCUT2D eigenvalue weighted by Crippen LogP contribution is 2.55. The van der Waals surface area contributed by atoms with Crippen LogP contribution in [0.2, 0.25) is 0 Å². The summed E-state index contributed by atoms with van der Waals surface area (Å²) in [5.74, 6) is -1.80. The largest absolute Gasteiger partial charge is 0.462 e. The Hall–Kier alpha value is -2.41. The second kappa shape index (κ2) is 9.81. The Kier molecular flexibility index (Phi) is 7.87. The molecule has 0 spiro atoms. The molecule has 2 rings (SSSR count). The summed E-state index contributed by atoms with van der Waals surface area (Å²) in [6, 6.07) is 0. The maximum atomic E-state index is 12.7. The van der Waals surface area contributed by atoms with Gasteiger partial charge in [-0.25, -0.2) is 4.79 Å². The van der Waals surface area contributed by atoms with E-state index in [2.05, 4.69) is 6.58 Å². The minimum Gasteiger partial charge on any atom is -0.462 e. The molecule has 0 aromatic carbocycles. The monoisotopic (exact) mass is 434 g/mol. The number of hydrogen-bond donors (Lipinski definition) is 1. The minimum atomic E-state index is -1.15. The number of allylic oxidation sites excluding steroid dienone is 3. The lowest BCUT2D eigenvalue weighted by Crippen LogP contribution is -2.64. The van der Waals surface area contributed by atoms with Crippen LogP contribution < -0.4 is 0 Å². The van der Waals surface area contributed by atoms with Crippen LogP contribution in [0.4, 0.5) is 0 Å². The van der Waals surface area contributed by atoms with Gasteiger partial charge in [0.15, 0.2) is 12.2 Å². The second-order valence-corrected chi connectivity index (χ2v) is 8.72. The third-order valence-electron chi connectivity index (χ3n) is 6.64. The van der Waals surface area contributed by atoms with Crippen molar-refractivity contribution in [3.05, 3.63) is 35.5 Å². The van der Waals surface area contributed by atoms with Gasteiger partial charge < -0.3 is 19.3 Å². The molecule has 1 N–H and O–H groups in total. The van der Waals surface area contributed by atoms with Crippen LogP contribution in [-0.4, -0.2) is 47.9 Å². The fourth-order valence-electron chi connectivity index (χ4n) is 4.91. The smallest absolute Gasteiger partial charge is 0.333 e. The molecule has 0 bridgehead atoms. The number of aliphatic hydroxyl groups excluding tert-OH is 1. The Balaban J connectivity index is 2.68. The first-order valence-electron chi connectivity index (χ1n) is 10.6.